The minimum absolute atomic E-state index is 0.317. The van der Waals surface area contributed by atoms with Gasteiger partial charge in [-0.2, -0.15) is 3.89 Å². The molecule has 0 atom stereocenters. The van der Waals surface area contributed by atoms with Gasteiger partial charge < -0.3 is 5.11 Å². The van der Waals surface area contributed by atoms with Gasteiger partial charge in [0.1, 0.15) is 5.75 Å². The van der Waals surface area contributed by atoms with Crippen molar-refractivity contribution in [2.45, 2.75) is 45.4 Å². The van der Waals surface area contributed by atoms with Crippen LogP contribution in [0.3, 0.4) is 0 Å². The van der Waals surface area contributed by atoms with Gasteiger partial charge in [-0.3, -0.25) is 0 Å². The number of unbranched alkanes of at least 4 members (excludes halogenated alkanes) is 2. The van der Waals surface area contributed by atoms with Crippen LogP contribution in [-0.4, -0.2) is 42.6 Å². The lowest BCUT2D eigenvalue weighted by Gasteiger charge is -2.24. The van der Waals surface area contributed by atoms with E-state index in [1.54, 1.807) is 6.07 Å². The Hall–Kier alpha value is -1.11. The number of aromatic hydroxyl groups is 1. The monoisotopic (exact) mass is 330 g/mol. The lowest BCUT2D eigenvalue weighted by atomic mass is 10.0. The molecule has 0 radical (unpaired) electrons. The number of aryl methyl sites for hydroxylation is 2. The summed E-state index contributed by atoms with van der Waals surface area (Å²) in [4.78, 5) is 0. The Kier molecular flexibility index (Phi) is 6.84. The molecule has 0 amide bonds. The molecule has 0 unspecified atom stereocenters. The molecule has 0 aliphatic heterocycles. The summed E-state index contributed by atoms with van der Waals surface area (Å²) >= 11 is 0. The molecule has 0 spiro atoms. The highest BCUT2D eigenvalue weighted by Crippen LogP contribution is 2.22. The highest BCUT2D eigenvalue weighted by molar-refractivity contribution is 7.80. The molecule has 5 nitrogen and oxygen atoms in total. The van der Waals surface area contributed by atoms with Crippen molar-refractivity contribution in [1.82, 2.24) is 0 Å². The van der Waals surface area contributed by atoms with Crippen molar-refractivity contribution in [3.8, 4) is 5.75 Å². The highest BCUT2D eigenvalue weighted by Gasteiger charge is 2.29. The summed E-state index contributed by atoms with van der Waals surface area (Å²) in [6, 6.07) is 5.69. The normalized spacial score (nSPS) is 12.5. The predicted molar refractivity (Wildman–Crippen MR) is 88.2 cm³/mol. The zero-order valence-corrected chi connectivity index (χ0v) is 14.6. The first kappa shape index (κ1) is 18.9. The maximum absolute atomic E-state index is 11.2. The van der Waals surface area contributed by atoms with Crippen LogP contribution < -0.4 is 0 Å². The Morgan fingerprint density at radius 3 is 2.32 bits per heavy atom. The SMILES string of the molecule is CCCCCc1ccc(CCC[N+](C)(C)S(=O)(=O)O)cc1O. The van der Waals surface area contributed by atoms with E-state index in [1.807, 2.05) is 12.1 Å². The van der Waals surface area contributed by atoms with Crippen molar-refractivity contribution in [2.75, 3.05) is 20.6 Å². The quantitative estimate of drug-likeness (QED) is 0.415. The van der Waals surface area contributed by atoms with Crippen LogP contribution in [0.2, 0.25) is 0 Å². The van der Waals surface area contributed by atoms with Gasteiger partial charge in [-0.1, -0.05) is 31.9 Å². The maximum atomic E-state index is 11.2. The van der Waals surface area contributed by atoms with E-state index in [1.165, 1.54) is 14.1 Å². The topological polar surface area (TPSA) is 74.6 Å². The Morgan fingerprint density at radius 1 is 1.09 bits per heavy atom. The number of hydrogen-bond donors (Lipinski definition) is 2. The van der Waals surface area contributed by atoms with Crippen LogP contribution in [-0.2, 0) is 23.1 Å². The Balaban J connectivity index is 2.56. The molecule has 1 aromatic carbocycles. The van der Waals surface area contributed by atoms with Gasteiger partial charge in [-0.15, -0.1) is 8.42 Å². The van der Waals surface area contributed by atoms with Gasteiger partial charge in [0, 0.05) is 6.42 Å². The van der Waals surface area contributed by atoms with E-state index in [9.17, 15) is 13.5 Å². The van der Waals surface area contributed by atoms with Crippen molar-refractivity contribution >= 4 is 10.3 Å². The highest BCUT2D eigenvalue weighted by atomic mass is 32.2. The van der Waals surface area contributed by atoms with Crippen molar-refractivity contribution in [1.29, 1.82) is 0 Å². The first-order valence-corrected chi connectivity index (χ1v) is 9.18. The average Bonchev–Trinajstić information content (AvgIpc) is 2.40. The fraction of sp³-hybridized carbons (Fsp3) is 0.625. The molecule has 0 saturated heterocycles. The van der Waals surface area contributed by atoms with Gasteiger partial charge in [0.2, 0.25) is 0 Å². The predicted octanol–water partition coefficient (Wildman–Crippen LogP) is 2.94. The Bertz CT molecular complexity index is 582. The first-order chi connectivity index (χ1) is 10.2. The summed E-state index contributed by atoms with van der Waals surface area (Å²) in [5.41, 5.74) is 1.94. The van der Waals surface area contributed by atoms with Crippen LogP contribution in [0, 0.1) is 0 Å². The average molecular weight is 330 g/mol. The summed E-state index contributed by atoms with van der Waals surface area (Å²) < 4.78 is 31.1. The summed E-state index contributed by atoms with van der Waals surface area (Å²) in [7, 11) is -1.17. The Labute approximate surface area is 134 Å². The summed E-state index contributed by atoms with van der Waals surface area (Å²) in [5.74, 6) is 0.317. The van der Waals surface area contributed by atoms with Gasteiger partial charge in [0.25, 0.3) is 0 Å². The summed E-state index contributed by atoms with van der Waals surface area (Å²) in [6.45, 7) is 2.47. The third-order valence-electron chi connectivity index (χ3n) is 3.99. The van der Waals surface area contributed by atoms with Crippen LogP contribution in [0.4, 0.5) is 0 Å². The largest absolute Gasteiger partial charge is 0.508 e. The van der Waals surface area contributed by atoms with Crippen LogP contribution >= 0.6 is 0 Å². The number of phenols is 1. The molecule has 22 heavy (non-hydrogen) atoms. The van der Waals surface area contributed by atoms with E-state index in [-0.39, 0.29) is 0 Å². The van der Waals surface area contributed by atoms with Crippen LogP contribution in [0.25, 0.3) is 0 Å². The standard InChI is InChI=1S/C16H27NO4S/c1-4-5-6-9-15-11-10-14(13-16(15)18)8-7-12-17(2,3)22(19,20)21/h10-11,13H,4-9,12H2,1-3H3,(H-,18,19,20,21)/p+1. The fourth-order valence-corrected chi connectivity index (χ4v) is 2.68. The third kappa shape index (κ3) is 5.59. The lowest BCUT2D eigenvalue weighted by Crippen LogP contribution is -2.45. The molecule has 1 rings (SSSR count). The van der Waals surface area contributed by atoms with Gasteiger partial charge in [-0.05, 0) is 36.5 Å². The smallest absolute Gasteiger partial charge is 0.432 e. The second-order valence-corrected chi connectivity index (χ2v) is 8.15. The lowest BCUT2D eigenvalue weighted by molar-refractivity contribution is -0.767. The number of quaternary nitrogens is 1. The molecule has 0 aromatic heterocycles. The maximum Gasteiger partial charge on any atom is 0.432 e. The zero-order chi connectivity index (χ0) is 16.8. The van der Waals surface area contributed by atoms with E-state index in [0.29, 0.717) is 25.1 Å². The van der Waals surface area contributed by atoms with Gasteiger partial charge in [0.15, 0.2) is 0 Å². The summed E-state index contributed by atoms with van der Waals surface area (Å²) in [5, 5.41) is 10.0. The second-order valence-electron chi connectivity index (χ2n) is 6.27. The Morgan fingerprint density at radius 2 is 1.77 bits per heavy atom. The molecule has 0 aliphatic rings. The number of benzene rings is 1. The van der Waals surface area contributed by atoms with Gasteiger partial charge in [-0.25, -0.2) is 4.55 Å². The molecule has 0 aliphatic carbocycles. The molecule has 0 bridgehead atoms. The molecule has 0 saturated carbocycles. The molecule has 0 fully saturated rings. The number of rotatable bonds is 9. The minimum atomic E-state index is -4.10. The zero-order valence-electron chi connectivity index (χ0n) is 13.7. The molecule has 2 N–H and O–H groups in total. The van der Waals surface area contributed by atoms with Gasteiger partial charge in [0.05, 0.1) is 20.6 Å². The number of nitrogens with zero attached hydrogens (tertiary/aromatic N) is 1. The van der Waals surface area contributed by atoms with Crippen LogP contribution in [0.15, 0.2) is 18.2 Å². The summed E-state index contributed by atoms with van der Waals surface area (Å²) in [6.07, 6.45) is 5.54. The van der Waals surface area contributed by atoms with Crippen LogP contribution in [0.5, 0.6) is 5.75 Å². The fourth-order valence-electron chi connectivity index (χ4n) is 2.32. The molecule has 0 heterocycles. The van der Waals surface area contributed by atoms with E-state index < -0.39 is 14.2 Å². The molecule has 1 aromatic rings. The van der Waals surface area contributed by atoms with Crippen molar-refractivity contribution in [2.24, 2.45) is 0 Å². The van der Waals surface area contributed by atoms with Crippen molar-refractivity contribution in [3.63, 3.8) is 0 Å². The number of hydrogen-bond acceptors (Lipinski definition) is 3. The molecule has 6 heteroatoms. The van der Waals surface area contributed by atoms with E-state index in [2.05, 4.69) is 6.92 Å². The number of phenolic OH excluding ortho intramolecular Hbond substituents is 1. The van der Waals surface area contributed by atoms with Crippen molar-refractivity contribution < 1.29 is 22.0 Å². The van der Waals surface area contributed by atoms with E-state index in [0.717, 1.165) is 36.8 Å². The van der Waals surface area contributed by atoms with Crippen LogP contribution in [0.1, 0.15) is 43.7 Å². The molecule has 126 valence electrons. The second kappa shape index (κ2) is 7.94. The van der Waals surface area contributed by atoms with Gasteiger partial charge >= 0.3 is 10.3 Å². The van der Waals surface area contributed by atoms with E-state index >= 15 is 0 Å². The third-order valence-corrected chi connectivity index (χ3v) is 5.42. The minimum Gasteiger partial charge on any atom is -0.508 e. The molecular weight excluding hydrogens is 302 g/mol. The van der Waals surface area contributed by atoms with E-state index in [4.69, 9.17) is 4.55 Å². The molecular formula is C16H28NO4S+. The first-order valence-electron chi connectivity index (χ1n) is 7.78. The van der Waals surface area contributed by atoms with Crippen molar-refractivity contribution in [3.05, 3.63) is 29.3 Å².